The SMILES string of the molecule is CCCN(CCC)c1cccc(CCl)n1. The van der Waals surface area contributed by atoms with E-state index < -0.39 is 0 Å². The van der Waals surface area contributed by atoms with Crippen LogP contribution in [0, 0.1) is 0 Å². The molecule has 0 aromatic carbocycles. The molecule has 1 rings (SSSR count). The smallest absolute Gasteiger partial charge is 0.128 e. The molecular formula is C12H19ClN2. The molecule has 3 heteroatoms. The highest BCUT2D eigenvalue weighted by Crippen LogP contribution is 2.13. The van der Waals surface area contributed by atoms with Crippen LogP contribution in [0.2, 0.25) is 0 Å². The quantitative estimate of drug-likeness (QED) is 0.691. The molecule has 0 atom stereocenters. The van der Waals surface area contributed by atoms with E-state index in [1.54, 1.807) is 0 Å². The fraction of sp³-hybridized carbons (Fsp3) is 0.583. The second kappa shape index (κ2) is 6.67. The molecule has 1 aromatic heterocycles. The van der Waals surface area contributed by atoms with Gasteiger partial charge in [-0.3, -0.25) is 0 Å². The fourth-order valence-electron chi connectivity index (χ4n) is 1.60. The molecule has 0 aliphatic carbocycles. The fourth-order valence-corrected chi connectivity index (χ4v) is 1.75. The first kappa shape index (κ1) is 12.3. The summed E-state index contributed by atoms with van der Waals surface area (Å²) in [6, 6.07) is 6.05. The number of halogens is 1. The Balaban J connectivity index is 2.79. The van der Waals surface area contributed by atoms with Gasteiger partial charge >= 0.3 is 0 Å². The molecule has 0 aliphatic heterocycles. The Bertz CT molecular complexity index is 283. The molecule has 0 N–H and O–H groups in total. The summed E-state index contributed by atoms with van der Waals surface area (Å²) in [4.78, 5) is 6.84. The zero-order valence-corrected chi connectivity index (χ0v) is 10.3. The number of pyridine rings is 1. The largest absolute Gasteiger partial charge is 0.357 e. The molecule has 0 radical (unpaired) electrons. The predicted molar refractivity (Wildman–Crippen MR) is 66.6 cm³/mol. The van der Waals surface area contributed by atoms with Crippen molar-refractivity contribution in [1.29, 1.82) is 0 Å². The van der Waals surface area contributed by atoms with Crippen molar-refractivity contribution in [2.24, 2.45) is 0 Å². The lowest BCUT2D eigenvalue weighted by atomic mass is 10.3. The predicted octanol–water partition coefficient (Wildman–Crippen LogP) is 3.45. The Kier molecular flexibility index (Phi) is 5.48. The van der Waals surface area contributed by atoms with Crippen LogP contribution in [0.4, 0.5) is 5.82 Å². The zero-order valence-electron chi connectivity index (χ0n) is 9.54. The maximum Gasteiger partial charge on any atom is 0.128 e. The number of anilines is 1. The maximum absolute atomic E-state index is 5.78. The van der Waals surface area contributed by atoms with E-state index in [2.05, 4.69) is 29.8 Å². The molecular weight excluding hydrogens is 208 g/mol. The molecule has 0 bridgehead atoms. The van der Waals surface area contributed by atoms with Crippen LogP contribution in [0.15, 0.2) is 18.2 Å². The third kappa shape index (κ3) is 3.71. The van der Waals surface area contributed by atoms with Gasteiger partial charge < -0.3 is 4.90 Å². The van der Waals surface area contributed by atoms with Crippen molar-refractivity contribution >= 4 is 17.4 Å². The number of hydrogen-bond donors (Lipinski definition) is 0. The van der Waals surface area contributed by atoms with Gasteiger partial charge in [-0.1, -0.05) is 19.9 Å². The molecule has 0 fully saturated rings. The highest BCUT2D eigenvalue weighted by Gasteiger charge is 2.05. The second-order valence-electron chi connectivity index (χ2n) is 3.61. The maximum atomic E-state index is 5.78. The minimum Gasteiger partial charge on any atom is -0.357 e. The van der Waals surface area contributed by atoms with Gasteiger partial charge in [-0.2, -0.15) is 0 Å². The lowest BCUT2D eigenvalue weighted by Crippen LogP contribution is -2.25. The lowest BCUT2D eigenvalue weighted by molar-refractivity contribution is 0.732. The summed E-state index contributed by atoms with van der Waals surface area (Å²) in [5.41, 5.74) is 0.950. The van der Waals surface area contributed by atoms with Crippen LogP contribution in [0.3, 0.4) is 0 Å². The molecule has 0 saturated carbocycles. The molecule has 0 amide bonds. The molecule has 0 saturated heterocycles. The van der Waals surface area contributed by atoms with Crippen molar-refractivity contribution < 1.29 is 0 Å². The van der Waals surface area contributed by atoms with E-state index in [1.807, 2.05) is 12.1 Å². The van der Waals surface area contributed by atoms with Crippen LogP contribution in [-0.2, 0) is 5.88 Å². The van der Waals surface area contributed by atoms with Gasteiger partial charge in [0.1, 0.15) is 5.82 Å². The molecule has 1 heterocycles. The van der Waals surface area contributed by atoms with E-state index in [1.165, 1.54) is 0 Å². The van der Waals surface area contributed by atoms with Crippen LogP contribution in [0.5, 0.6) is 0 Å². The van der Waals surface area contributed by atoms with Crippen molar-refractivity contribution in [3.05, 3.63) is 23.9 Å². The van der Waals surface area contributed by atoms with E-state index in [0.717, 1.165) is 37.4 Å². The lowest BCUT2D eigenvalue weighted by Gasteiger charge is -2.22. The van der Waals surface area contributed by atoms with Gasteiger partial charge in [-0.25, -0.2) is 4.98 Å². The third-order valence-electron chi connectivity index (χ3n) is 2.24. The van der Waals surface area contributed by atoms with Crippen LogP contribution in [-0.4, -0.2) is 18.1 Å². The van der Waals surface area contributed by atoms with Crippen molar-refractivity contribution in [3.63, 3.8) is 0 Å². The number of aromatic nitrogens is 1. The number of alkyl halides is 1. The van der Waals surface area contributed by atoms with Crippen LogP contribution in [0.25, 0.3) is 0 Å². The van der Waals surface area contributed by atoms with Crippen LogP contribution >= 0.6 is 11.6 Å². The highest BCUT2D eigenvalue weighted by molar-refractivity contribution is 6.16. The number of hydrogen-bond acceptors (Lipinski definition) is 2. The van der Waals surface area contributed by atoms with E-state index >= 15 is 0 Å². The van der Waals surface area contributed by atoms with Crippen molar-refractivity contribution in [2.75, 3.05) is 18.0 Å². The summed E-state index contributed by atoms with van der Waals surface area (Å²) in [5, 5.41) is 0. The molecule has 0 spiro atoms. The second-order valence-corrected chi connectivity index (χ2v) is 3.88. The average Bonchev–Trinajstić information content (AvgIpc) is 2.29. The standard InChI is InChI=1S/C12H19ClN2/c1-3-8-15(9-4-2)12-7-5-6-11(10-13)14-12/h5-7H,3-4,8-10H2,1-2H3. The molecule has 0 unspecified atom stereocenters. The van der Waals surface area contributed by atoms with Gasteiger partial charge in [0.2, 0.25) is 0 Å². The summed E-state index contributed by atoms with van der Waals surface area (Å²) in [7, 11) is 0. The monoisotopic (exact) mass is 226 g/mol. The summed E-state index contributed by atoms with van der Waals surface area (Å²) in [6.07, 6.45) is 2.29. The van der Waals surface area contributed by atoms with Crippen molar-refractivity contribution in [3.8, 4) is 0 Å². The van der Waals surface area contributed by atoms with Gasteiger partial charge in [0.15, 0.2) is 0 Å². The topological polar surface area (TPSA) is 16.1 Å². The molecule has 0 aliphatic rings. The average molecular weight is 227 g/mol. The van der Waals surface area contributed by atoms with Crippen molar-refractivity contribution in [2.45, 2.75) is 32.6 Å². The first-order valence-electron chi connectivity index (χ1n) is 5.58. The van der Waals surface area contributed by atoms with Gasteiger partial charge in [0.05, 0.1) is 11.6 Å². The Morgan fingerprint density at radius 1 is 1.20 bits per heavy atom. The van der Waals surface area contributed by atoms with E-state index in [-0.39, 0.29) is 0 Å². The minimum atomic E-state index is 0.486. The number of nitrogens with zero attached hydrogens (tertiary/aromatic N) is 2. The van der Waals surface area contributed by atoms with Crippen LogP contribution in [0.1, 0.15) is 32.4 Å². The zero-order chi connectivity index (χ0) is 11.1. The third-order valence-corrected chi connectivity index (χ3v) is 2.51. The Labute approximate surface area is 97.3 Å². The first-order chi connectivity index (χ1) is 7.31. The van der Waals surface area contributed by atoms with Crippen molar-refractivity contribution in [1.82, 2.24) is 4.98 Å². The summed E-state index contributed by atoms with van der Waals surface area (Å²) < 4.78 is 0. The van der Waals surface area contributed by atoms with E-state index in [4.69, 9.17) is 11.6 Å². The Morgan fingerprint density at radius 2 is 1.87 bits per heavy atom. The number of rotatable bonds is 6. The summed E-state index contributed by atoms with van der Waals surface area (Å²) in [5.74, 6) is 1.54. The van der Waals surface area contributed by atoms with Gasteiger partial charge in [0.25, 0.3) is 0 Å². The summed E-state index contributed by atoms with van der Waals surface area (Å²) >= 11 is 5.78. The highest BCUT2D eigenvalue weighted by atomic mass is 35.5. The van der Waals surface area contributed by atoms with E-state index in [9.17, 15) is 0 Å². The molecule has 2 nitrogen and oxygen atoms in total. The first-order valence-corrected chi connectivity index (χ1v) is 6.12. The Morgan fingerprint density at radius 3 is 2.40 bits per heavy atom. The minimum absolute atomic E-state index is 0.486. The normalized spacial score (nSPS) is 10.3. The van der Waals surface area contributed by atoms with E-state index in [0.29, 0.717) is 5.88 Å². The molecule has 84 valence electrons. The Hall–Kier alpha value is -0.760. The summed E-state index contributed by atoms with van der Waals surface area (Å²) in [6.45, 7) is 6.50. The molecule has 15 heavy (non-hydrogen) atoms. The van der Waals surface area contributed by atoms with Gasteiger partial charge in [-0.05, 0) is 25.0 Å². The van der Waals surface area contributed by atoms with Crippen LogP contribution < -0.4 is 4.90 Å². The van der Waals surface area contributed by atoms with Gasteiger partial charge in [0, 0.05) is 13.1 Å². The van der Waals surface area contributed by atoms with Gasteiger partial charge in [-0.15, -0.1) is 11.6 Å². The molecule has 1 aromatic rings.